The number of phenols is 1. The summed E-state index contributed by atoms with van der Waals surface area (Å²) in [6.45, 7) is 5.64. The molecule has 2 fully saturated rings. The molecular weight excluding hydrogens is 689 g/mol. The molecule has 2 N–H and O–H groups in total. The Morgan fingerprint density at radius 2 is 1.55 bits per heavy atom. The van der Waals surface area contributed by atoms with Crippen molar-refractivity contribution in [2.45, 2.75) is 77.7 Å². The van der Waals surface area contributed by atoms with E-state index < -0.39 is 11.9 Å². The van der Waals surface area contributed by atoms with Gasteiger partial charge in [-0.15, -0.1) is 0 Å². The Hall–Kier alpha value is -5.15. The van der Waals surface area contributed by atoms with Crippen LogP contribution in [0.25, 0.3) is 0 Å². The predicted octanol–water partition coefficient (Wildman–Crippen LogP) is 7.77. The third-order valence-electron chi connectivity index (χ3n) is 11.3. The first-order valence-corrected chi connectivity index (χ1v) is 19.1. The topological polar surface area (TPSA) is 102 Å². The van der Waals surface area contributed by atoms with Gasteiger partial charge in [0.2, 0.25) is 11.8 Å². The van der Waals surface area contributed by atoms with Gasteiger partial charge in [0.05, 0.1) is 6.61 Å². The number of aryl methyl sites for hydroxylation is 1. The highest BCUT2D eigenvalue weighted by Crippen LogP contribution is 2.47. The van der Waals surface area contributed by atoms with Crippen LogP contribution in [0.4, 0.5) is 5.69 Å². The van der Waals surface area contributed by atoms with Crippen molar-refractivity contribution in [3.05, 3.63) is 125 Å². The maximum atomic E-state index is 13.0. The highest BCUT2D eigenvalue weighted by atomic mass is 16.5. The van der Waals surface area contributed by atoms with Gasteiger partial charge < -0.3 is 19.6 Å². The SMILES string of the molecule is C.C.CN(C(=O)c1ccc(N2CCN(CCCCCOc3ccc([C@@H]4c5ccc(O)cc5CC[C@@H]4c4ccccc4)cc3)CC2)cc1)C1CCC(=O)NC1=O. The first-order valence-electron chi connectivity index (χ1n) is 19.1. The molecule has 2 saturated heterocycles. The lowest BCUT2D eigenvalue weighted by Crippen LogP contribution is -2.52. The van der Waals surface area contributed by atoms with E-state index in [4.69, 9.17) is 4.74 Å². The zero-order valence-corrected chi connectivity index (χ0v) is 30.6. The molecular formula is C46H58N4O5. The second kappa shape index (κ2) is 18.9. The smallest absolute Gasteiger partial charge is 0.254 e. The maximum absolute atomic E-state index is 13.0. The number of hydrogen-bond donors (Lipinski definition) is 2. The lowest BCUT2D eigenvalue weighted by molar-refractivity contribution is -0.136. The Balaban J connectivity index is 0.00000290. The van der Waals surface area contributed by atoms with Crippen LogP contribution in [0.3, 0.4) is 0 Å². The minimum atomic E-state index is -0.629. The molecule has 2 heterocycles. The average molecular weight is 747 g/mol. The van der Waals surface area contributed by atoms with Crippen LogP contribution in [-0.4, -0.2) is 85.0 Å². The van der Waals surface area contributed by atoms with Gasteiger partial charge in [-0.1, -0.05) is 63.4 Å². The van der Waals surface area contributed by atoms with Crippen LogP contribution >= 0.6 is 0 Å². The summed E-state index contributed by atoms with van der Waals surface area (Å²) in [5.74, 6) is 0.931. The first kappa shape index (κ1) is 41.0. The number of nitrogens with one attached hydrogen (secondary N) is 1. The molecule has 7 rings (SSSR count). The maximum Gasteiger partial charge on any atom is 0.254 e. The van der Waals surface area contributed by atoms with E-state index in [-0.39, 0.29) is 39.0 Å². The molecule has 292 valence electrons. The number of aromatic hydroxyl groups is 1. The van der Waals surface area contributed by atoms with Gasteiger partial charge in [-0.2, -0.15) is 0 Å². The number of carbonyl (C=O) groups is 3. The number of hydrogen-bond acceptors (Lipinski definition) is 7. The molecule has 3 aliphatic rings. The third kappa shape index (κ3) is 9.75. The van der Waals surface area contributed by atoms with E-state index in [1.807, 2.05) is 36.4 Å². The largest absolute Gasteiger partial charge is 0.508 e. The summed E-state index contributed by atoms with van der Waals surface area (Å²) in [4.78, 5) is 43.0. The Labute approximate surface area is 327 Å². The molecule has 0 radical (unpaired) electrons. The fraction of sp³-hybridized carbons (Fsp3) is 0.413. The number of phenolic OH excluding ortho intramolecular Hbond substituents is 1. The van der Waals surface area contributed by atoms with Crippen LogP contribution in [0.1, 0.15) is 97.8 Å². The zero-order valence-electron chi connectivity index (χ0n) is 30.6. The molecule has 9 nitrogen and oxygen atoms in total. The number of fused-ring (bicyclic) bond motifs is 1. The number of unbranched alkanes of at least 4 members (excludes halogenated alkanes) is 2. The number of piperidine rings is 1. The number of carbonyl (C=O) groups excluding carboxylic acids is 3. The lowest BCUT2D eigenvalue weighted by Gasteiger charge is -2.36. The molecule has 0 aromatic heterocycles. The van der Waals surface area contributed by atoms with Gasteiger partial charge in [-0.25, -0.2) is 0 Å². The van der Waals surface area contributed by atoms with Crippen LogP contribution in [0.15, 0.2) is 97.1 Å². The second-order valence-corrected chi connectivity index (χ2v) is 14.7. The number of piperazine rings is 1. The van der Waals surface area contributed by atoms with Gasteiger partial charge >= 0.3 is 0 Å². The number of anilines is 1. The number of nitrogens with zero attached hydrogens (tertiary/aromatic N) is 3. The van der Waals surface area contributed by atoms with Crippen LogP contribution in [0.2, 0.25) is 0 Å². The fourth-order valence-corrected chi connectivity index (χ4v) is 8.29. The summed E-state index contributed by atoms with van der Waals surface area (Å²) >= 11 is 0. The van der Waals surface area contributed by atoms with Crippen molar-refractivity contribution in [2.75, 3.05) is 51.3 Å². The van der Waals surface area contributed by atoms with Gasteiger partial charge in [-0.05, 0) is 122 Å². The zero-order chi connectivity index (χ0) is 36.7. The standard InChI is InChI=1S/C44H50N4O5.2CH4/c1-46(40-22-23-41(50)45-43(40)51)44(52)33-10-15-35(16-11-33)48-27-25-47(26-28-48)24-6-3-7-29-53-37-18-12-32(13-19-37)42-38(31-8-4-2-5-9-31)20-14-34-30-36(49)17-21-39(34)42;;/h2,4-5,8-13,15-19,21,30,38,40,42,49H,3,6-7,14,20,22-29H2,1H3,(H,45,50,51);2*1H4/t38-,40?,42+;;/m1../s1. The van der Waals surface area contributed by atoms with E-state index in [1.165, 1.54) is 27.2 Å². The van der Waals surface area contributed by atoms with Crippen molar-refractivity contribution in [2.24, 2.45) is 0 Å². The normalized spacial score (nSPS) is 19.7. The summed E-state index contributed by atoms with van der Waals surface area (Å²) in [6.07, 6.45) is 5.87. The number of rotatable bonds is 12. The molecule has 4 aromatic carbocycles. The van der Waals surface area contributed by atoms with E-state index in [9.17, 15) is 19.5 Å². The van der Waals surface area contributed by atoms with E-state index >= 15 is 0 Å². The van der Waals surface area contributed by atoms with Gasteiger partial charge in [0, 0.05) is 56.8 Å². The lowest BCUT2D eigenvalue weighted by atomic mass is 9.69. The Kier molecular flexibility index (Phi) is 14.1. The minimum Gasteiger partial charge on any atom is -0.508 e. The highest BCUT2D eigenvalue weighted by molar-refractivity contribution is 6.03. The second-order valence-electron chi connectivity index (χ2n) is 14.7. The van der Waals surface area contributed by atoms with Gasteiger partial charge in [0.15, 0.2) is 0 Å². The van der Waals surface area contributed by atoms with Crippen molar-refractivity contribution in [3.63, 3.8) is 0 Å². The molecule has 2 aliphatic heterocycles. The van der Waals surface area contributed by atoms with E-state index in [2.05, 4.69) is 75.8 Å². The molecule has 1 aliphatic carbocycles. The van der Waals surface area contributed by atoms with E-state index in [0.29, 0.717) is 30.3 Å². The summed E-state index contributed by atoms with van der Waals surface area (Å²) in [6, 6.07) is 32.3. The van der Waals surface area contributed by atoms with E-state index in [0.717, 1.165) is 76.3 Å². The first-order chi connectivity index (χ1) is 25.8. The van der Waals surface area contributed by atoms with Gasteiger partial charge in [0.25, 0.3) is 5.91 Å². The van der Waals surface area contributed by atoms with Crippen molar-refractivity contribution >= 4 is 23.4 Å². The van der Waals surface area contributed by atoms with Crippen molar-refractivity contribution in [3.8, 4) is 11.5 Å². The number of likely N-dealkylation sites (N-methyl/N-ethyl adjacent to an activating group) is 1. The summed E-state index contributed by atoms with van der Waals surface area (Å²) in [5.41, 5.74) is 6.80. The Bertz CT molecular complexity index is 1870. The Morgan fingerprint density at radius 1 is 0.818 bits per heavy atom. The summed E-state index contributed by atoms with van der Waals surface area (Å²) < 4.78 is 6.17. The molecule has 4 aromatic rings. The molecule has 9 heteroatoms. The van der Waals surface area contributed by atoms with Crippen LogP contribution in [0.5, 0.6) is 11.5 Å². The quantitative estimate of drug-likeness (QED) is 0.113. The Morgan fingerprint density at radius 3 is 2.25 bits per heavy atom. The molecule has 3 atom stereocenters. The summed E-state index contributed by atoms with van der Waals surface area (Å²) in [7, 11) is 1.62. The molecule has 0 spiro atoms. The van der Waals surface area contributed by atoms with Crippen molar-refractivity contribution in [1.82, 2.24) is 15.1 Å². The summed E-state index contributed by atoms with van der Waals surface area (Å²) in [5, 5.41) is 12.5. The molecule has 1 unspecified atom stereocenters. The third-order valence-corrected chi connectivity index (χ3v) is 11.3. The van der Waals surface area contributed by atoms with Gasteiger partial charge in [0.1, 0.15) is 17.5 Å². The fourth-order valence-electron chi connectivity index (χ4n) is 8.29. The van der Waals surface area contributed by atoms with Crippen molar-refractivity contribution in [1.29, 1.82) is 0 Å². The minimum absolute atomic E-state index is 0. The van der Waals surface area contributed by atoms with Crippen LogP contribution < -0.4 is 15.0 Å². The van der Waals surface area contributed by atoms with Crippen LogP contribution in [-0.2, 0) is 16.0 Å². The number of imide groups is 1. The predicted molar refractivity (Wildman–Crippen MR) is 220 cm³/mol. The highest BCUT2D eigenvalue weighted by Gasteiger charge is 2.33. The molecule has 3 amide bonds. The number of benzene rings is 4. The van der Waals surface area contributed by atoms with Gasteiger partial charge in [-0.3, -0.25) is 24.6 Å². The molecule has 55 heavy (non-hydrogen) atoms. The number of amides is 3. The molecule has 0 bridgehead atoms. The molecule has 0 saturated carbocycles. The monoisotopic (exact) mass is 746 g/mol. The van der Waals surface area contributed by atoms with Crippen molar-refractivity contribution < 1.29 is 24.2 Å². The average Bonchev–Trinajstić information content (AvgIpc) is 3.19. The number of ether oxygens (including phenoxy) is 1. The van der Waals surface area contributed by atoms with Crippen LogP contribution in [0, 0.1) is 0 Å². The van der Waals surface area contributed by atoms with E-state index in [1.54, 1.807) is 7.05 Å².